The van der Waals surface area contributed by atoms with E-state index >= 15 is 0 Å². The third kappa shape index (κ3) is 3.54. The summed E-state index contributed by atoms with van der Waals surface area (Å²) in [6.07, 6.45) is 5.13. The van der Waals surface area contributed by atoms with Gasteiger partial charge in [-0.1, -0.05) is 0 Å². The molecule has 1 aromatic heterocycles. The fraction of sp³-hybridized carbons (Fsp3) is 0.583. The van der Waals surface area contributed by atoms with Gasteiger partial charge in [-0.15, -0.1) is 0 Å². The lowest BCUT2D eigenvalue weighted by molar-refractivity contribution is -0.141. The van der Waals surface area contributed by atoms with Gasteiger partial charge in [0.25, 0.3) is 0 Å². The van der Waals surface area contributed by atoms with E-state index in [1.54, 1.807) is 17.3 Å². The Morgan fingerprint density at radius 2 is 2.00 bits per heavy atom. The van der Waals surface area contributed by atoms with E-state index in [9.17, 15) is 9.59 Å². The normalized spacial score (nSPS) is 16.4. The number of carbonyl (C=O) groups is 2. The molecule has 0 bridgehead atoms. The van der Waals surface area contributed by atoms with Gasteiger partial charge < -0.3 is 9.64 Å². The predicted octanol–water partition coefficient (Wildman–Crippen LogP) is 0.0319. The summed E-state index contributed by atoms with van der Waals surface area (Å²) in [6.45, 7) is 3.56. The fourth-order valence-corrected chi connectivity index (χ4v) is 2.05. The van der Waals surface area contributed by atoms with Crippen LogP contribution in [0.5, 0.6) is 0 Å². The monoisotopic (exact) mass is 266 g/mol. The Bertz CT molecular complexity index is 424. The Hall–Kier alpha value is -1.89. The topological polar surface area (TPSA) is 67.7 Å². The molecule has 0 atom stereocenters. The Kier molecular flexibility index (Phi) is 4.51. The van der Waals surface area contributed by atoms with Crippen LogP contribution in [0.15, 0.2) is 18.7 Å². The van der Waals surface area contributed by atoms with Gasteiger partial charge in [0.05, 0.1) is 13.5 Å². The van der Waals surface area contributed by atoms with Gasteiger partial charge in [-0.2, -0.15) is 0 Å². The molecule has 1 aliphatic heterocycles. The summed E-state index contributed by atoms with van der Waals surface area (Å²) in [7, 11) is 1.39. The average molecular weight is 266 g/mol. The molecule has 2 rings (SSSR count). The molecule has 7 heteroatoms. The van der Waals surface area contributed by atoms with Crippen molar-refractivity contribution in [2.45, 2.75) is 6.42 Å². The second-order valence-electron chi connectivity index (χ2n) is 4.41. The van der Waals surface area contributed by atoms with Crippen molar-refractivity contribution in [3.63, 3.8) is 0 Å². The van der Waals surface area contributed by atoms with Crippen LogP contribution in [0.3, 0.4) is 0 Å². The average Bonchev–Trinajstić information content (AvgIpc) is 2.98. The molecule has 2 heterocycles. The van der Waals surface area contributed by atoms with Crippen molar-refractivity contribution >= 4 is 12.0 Å². The van der Waals surface area contributed by atoms with Gasteiger partial charge >= 0.3 is 12.0 Å². The number of carbonyl (C=O) groups excluding carboxylic acids is 2. The number of amides is 1. The van der Waals surface area contributed by atoms with E-state index < -0.39 is 0 Å². The molecule has 1 fully saturated rings. The van der Waals surface area contributed by atoms with E-state index in [-0.39, 0.29) is 12.0 Å². The highest BCUT2D eigenvalue weighted by Crippen LogP contribution is 2.05. The molecule has 0 aliphatic carbocycles. The van der Waals surface area contributed by atoms with Crippen LogP contribution in [0.25, 0.3) is 0 Å². The summed E-state index contributed by atoms with van der Waals surface area (Å²) in [5, 5.41) is 0. The van der Waals surface area contributed by atoms with E-state index in [4.69, 9.17) is 0 Å². The first kappa shape index (κ1) is 13.5. The first-order valence-corrected chi connectivity index (χ1v) is 6.27. The Morgan fingerprint density at radius 1 is 1.26 bits per heavy atom. The predicted molar refractivity (Wildman–Crippen MR) is 67.7 cm³/mol. The van der Waals surface area contributed by atoms with E-state index in [1.807, 2.05) is 0 Å². The number of hydrogen-bond donors (Lipinski definition) is 0. The van der Waals surface area contributed by atoms with Crippen molar-refractivity contribution in [3.05, 3.63) is 18.7 Å². The lowest BCUT2D eigenvalue weighted by Crippen LogP contribution is -2.50. The highest BCUT2D eigenvalue weighted by atomic mass is 16.5. The lowest BCUT2D eigenvalue weighted by Gasteiger charge is -2.34. The standard InChI is InChI=1S/C12H18N4O3/c1-19-11(17)2-4-14-6-8-15(9-7-14)12(18)16-5-3-13-10-16/h3,5,10H,2,4,6-9H2,1H3. The molecule has 0 aromatic carbocycles. The molecule has 1 aromatic rings. The van der Waals surface area contributed by atoms with Crippen molar-refractivity contribution in [2.24, 2.45) is 0 Å². The Labute approximate surface area is 111 Å². The zero-order valence-electron chi connectivity index (χ0n) is 11.0. The minimum absolute atomic E-state index is 0.0508. The van der Waals surface area contributed by atoms with Crippen molar-refractivity contribution < 1.29 is 14.3 Å². The smallest absolute Gasteiger partial charge is 0.329 e. The first-order chi connectivity index (χ1) is 9.20. The summed E-state index contributed by atoms with van der Waals surface area (Å²) in [5.41, 5.74) is 0. The molecule has 1 amide bonds. The van der Waals surface area contributed by atoms with Crippen LogP contribution in [0.4, 0.5) is 4.79 Å². The molecule has 0 spiro atoms. The highest BCUT2D eigenvalue weighted by molar-refractivity contribution is 5.76. The molecule has 1 aliphatic rings. The summed E-state index contributed by atoms with van der Waals surface area (Å²) in [4.78, 5) is 30.9. The summed E-state index contributed by atoms with van der Waals surface area (Å²) in [6, 6.07) is -0.0508. The van der Waals surface area contributed by atoms with Gasteiger partial charge in [-0.25, -0.2) is 9.78 Å². The number of nitrogens with zero attached hydrogens (tertiary/aromatic N) is 4. The van der Waals surface area contributed by atoms with Crippen LogP contribution >= 0.6 is 0 Å². The van der Waals surface area contributed by atoms with Crippen molar-refractivity contribution in [2.75, 3.05) is 39.8 Å². The van der Waals surface area contributed by atoms with Gasteiger partial charge in [0, 0.05) is 45.1 Å². The number of aromatic nitrogens is 2. The van der Waals surface area contributed by atoms with Gasteiger partial charge in [0.1, 0.15) is 6.33 Å². The molecule has 1 saturated heterocycles. The fourth-order valence-electron chi connectivity index (χ4n) is 2.05. The molecule has 0 radical (unpaired) electrons. The first-order valence-electron chi connectivity index (χ1n) is 6.27. The summed E-state index contributed by atoms with van der Waals surface area (Å²) in [5.74, 6) is -0.197. The van der Waals surface area contributed by atoms with Crippen molar-refractivity contribution in [3.8, 4) is 0 Å². The second kappa shape index (κ2) is 6.33. The number of rotatable bonds is 3. The Balaban J connectivity index is 1.76. The highest BCUT2D eigenvalue weighted by Gasteiger charge is 2.22. The molecular weight excluding hydrogens is 248 g/mol. The molecule has 19 heavy (non-hydrogen) atoms. The molecule has 104 valence electrons. The van der Waals surface area contributed by atoms with Gasteiger partial charge in [0.15, 0.2) is 0 Å². The lowest BCUT2D eigenvalue weighted by atomic mass is 10.3. The van der Waals surface area contributed by atoms with Gasteiger partial charge in [-0.05, 0) is 0 Å². The van der Waals surface area contributed by atoms with Crippen LogP contribution in [0.2, 0.25) is 0 Å². The van der Waals surface area contributed by atoms with Gasteiger partial charge in [0.2, 0.25) is 0 Å². The molecular formula is C12H18N4O3. The molecule has 7 nitrogen and oxygen atoms in total. The van der Waals surface area contributed by atoms with Gasteiger partial charge in [-0.3, -0.25) is 14.3 Å². The number of ether oxygens (including phenoxy) is 1. The third-order valence-corrected chi connectivity index (χ3v) is 3.23. The number of hydrogen-bond acceptors (Lipinski definition) is 5. The van der Waals surface area contributed by atoms with E-state index in [2.05, 4.69) is 14.6 Å². The van der Waals surface area contributed by atoms with E-state index in [0.717, 1.165) is 13.1 Å². The summed E-state index contributed by atoms with van der Waals surface area (Å²) < 4.78 is 6.09. The number of esters is 1. The number of imidazole rings is 1. The van der Waals surface area contributed by atoms with Crippen LogP contribution < -0.4 is 0 Å². The minimum atomic E-state index is -0.197. The summed E-state index contributed by atoms with van der Waals surface area (Å²) >= 11 is 0. The molecule has 0 unspecified atom stereocenters. The third-order valence-electron chi connectivity index (χ3n) is 3.23. The van der Waals surface area contributed by atoms with Crippen LogP contribution in [0.1, 0.15) is 6.42 Å². The number of piperazine rings is 1. The van der Waals surface area contributed by atoms with Crippen LogP contribution in [0, 0.1) is 0 Å². The van der Waals surface area contributed by atoms with Crippen LogP contribution in [-0.2, 0) is 9.53 Å². The van der Waals surface area contributed by atoms with Crippen LogP contribution in [-0.4, -0.2) is 71.2 Å². The Morgan fingerprint density at radius 3 is 2.58 bits per heavy atom. The molecule has 0 saturated carbocycles. The largest absolute Gasteiger partial charge is 0.469 e. The van der Waals surface area contributed by atoms with Crippen molar-refractivity contribution in [1.29, 1.82) is 0 Å². The quantitative estimate of drug-likeness (QED) is 0.722. The maximum Gasteiger partial charge on any atom is 0.329 e. The zero-order chi connectivity index (χ0) is 13.7. The molecule has 0 N–H and O–H groups in total. The maximum atomic E-state index is 12.0. The number of methoxy groups -OCH3 is 1. The second-order valence-corrected chi connectivity index (χ2v) is 4.41. The SMILES string of the molecule is COC(=O)CCN1CCN(C(=O)n2ccnc2)CC1. The van der Waals surface area contributed by atoms with E-state index in [0.29, 0.717) is 26.1 Å². The maximum absolute atomic E-state index is 12.0. The minimum Gasteiger partial charge on any atom is -0.469 e. The van der Waals surface area contributed by atoms with E-state index in [1.165, 1.54) is 18.0 Å². The zero-order valence-corrected chi connectivity index (χ0v) is 11.0. The van der Waals surface area contributed by atoms with Crippen molar-refractivity contribution in [1.82, 2.24) is 19.4 Å².